The van der Waals surface area contributed by atoms with Gasteiger partial charge in [0.1, 0.15) is 12.7 Å². The fourth-order valence-electron chi connectivity index (χ4n) is 5.33. The van der Waals surface area contributed by atoms with Gasteiger partial charge in [0.2, 0.25) is 5.69 Å². The minimum Gasteiger partial charge on any atom is -0.303 e. The second-order valence-corrected chi connectivity index (χ2v) is 10.2. The van der Waals surface area contributed by atoms with Crippen LogP contribution in [0.5, 0.6) is 0 Å². The van der Waals surface area contributed by atoms with Crippen LogP contribution >= 0.6 is 0 Å². The number of benzene rings is 3. The molecule has 2 heterocycles. The molecule has 0 unspecified atom stereocenters. The molecule has 2 heteroatoms. The van der Waals surface area contributed by atoms with E-state index in [1.807, 2.05) is 0 Å². The maximum Gasteiger partial charge on any atom is 0.230 e. The zero-order chi connectivity index (χ0) is 24.7. The molecule has 0 saturated carbocycles. The molecule has 0 aliphatic heterocycles. The molecule has 0 aliphatic rings. The van der Waals surface area contributed by atoms with Crippen LogP contribution in [0.4, 0.5) is 0 Å². The van der Waals surface area contributed by atoms with Crippen LogP contribution in [-0.2, 0) is 7.05 Å². The Morgan fingerprint density at radius 1 is 0.686 bits per heavy atom. The lowest BCUT2D eigenvalue weighted by atomic mass is 9.92. The molecule has 2 aromatic heterocycles. The minimum absolute atomic E-state index is 0.419. The predicted octanol–water partition coefficient (Wildman–Crippen LogP) is 8.34. The van der Waals surface area contributed by atoms with E-state index in [0.29, 0.717) is 11.8 Å². The van der Waals surface area contributed by atoms with Gasteiger partial charge in [0.05, 0.1) is 11.2 Å². The standard InChI is InChI=1S/C33H35N2/c1-22(2)27-16-12-17-28(23(3)4)33(27)35-30-18-11-10-15-29(30)24(5)32(35)31-21-26(19-20-34(31)6)25-13-8-7-9-14-25/h7-23H,1-6H3/q+1. The molecule has 0 spiro atoms. The zero-order valence-electron chi connectivity index (χ0n) is 21.7. The van der Waals surface area contributed by atoms with Gasteiger partial charge in [-0.1, -0.05) is 94.4 Å². The molecule has 0 N–H and O–H groups in total. The summed E-state index contributed by atoms with van der Waals surface area (Å²) in [5.74, 6) is 0.838. The first-order chi connectivity index (χ1) is 16.9. The van der Waals surface area contributed by atoms with Crippen molar-refractivity contribution in [3.8, 4) is 28.2 Å². The normalized spacial score (nSPS) is 11.7. The van der Waals surface area contributed by atoms with Crippen molar-refractivity contribution in [1.29, 1.82) is 0 Å². The number of aryl methyl sites for hydroxylation is 2. The van der Waals surface area contributed by atoms with Gasteiger partial charge in [-0.25, -0.2) is 0 Å². The van der Waals surface area contributed by atoms with Crippen LogP contribution in [-0.4, -0.2) is 4.57 Å². The summed E-state index contributed by atoms with van der Waals surface area (Å²) in [6.45, 7) is 11.5. The molecule has 176 valence electrons. The van der Waals surface area contributed by atoms with E-state index >= 15 is 0 Å². The Hall–Kier alpha value is -3.65. The van der Waals surface area contributed by atoms with Gasteiger partial charge in [-0.05, 0) is 52.6 Å². The molecule has 0 radical (unpaired) electrons. The van der Waals surface area contributed by atoms with Crippen molar-refractivity contribution in [1.82, 2.24) is 4.57 Å². The van der Waals surface area contributed by atoms with Gasteiger partial charge < -0.3 is 4.57 Å². The molecular weight excluding hydrogens is 424 g/mol. The number of nitrogens with zero attached hydrogens (tertiary/aromatic N) is 2. The predicted molar refractivity (Wildman–Crippen MR) is 148 cm³/mol. The summed E-state index contributed by atoms with van der Waals surface area (Å²) in [6, 6.07) is 30.9. The van der Waals surface area contributed by atoms with E-state index in [0.717, 1.165) is 0 Å². The fourth-order valence-corrected chi connectivity index (χ4v) is 5.33. The number of fused-ring (bicyclic) bond motifs is 1. The van der Waals surface area contributed by atoms with Crippen molar-refractivity contribution in [3.05, 3.63) is 108 Å². The zero-order valence-corrected chi connectivity index (χ0v) is 21.7. The molecule has 0 bridgehead atoms. The van der Waals surface area contributed by atoms with E-state index in [4.69, 9.17) is 0 Å². The van der Waals surface area contributed by atoms with Crippen molar-refractivity contribution in [2.45, 2.75) is 46.5 Å². The van der Waals surface area contributed by atoms with Crippen molar-refractivity contribution in [3.63, 3.8) is 0 Å². The lowest BCUT2D eigenvalue weighted by Gasteiger charge is -2.23. The molecular formula is C33H35N2+. The number of rotatable bonds is 5. The Balaban J connectivity index is 1.91. The fraction of sp³-hybridized carbons (Fsp3) is 0.242. The number of hydrogen-bond acceptors (Lipinski definition) is 0. The van der Waals surface area contributed by atoms with E-state index in [2.05, 4.69) is 142 Å². The van der Waals surface area contributed by atoms with Gasteiger partial charge in [0, 0.05) is 17.5 Å². The molecule has 0 atom stereocenters. The summed E-state index contributed by atoms with van der Waals surface area (Å²) in [5, 5.41) is 1.31. The highest BCUT2D eigenvalue weighted by atomic mass is 15.0. The highest BCUT2D eigenvalue weighted by Crippen LogP contribution is 2.40. The number of aromatic nitrogens is 2. The van der Waals surface area contributed by atoms with Crippen molar-refractivity contribution < 1.29 is 4.57 Å². The second-order valence-electron chi connectivity index (χ2n) is 10.2. The second kappa shape index (κ2) is 9.19. The highest BCUT2D eigenvalue weighted by molar-refractivity contribution is 5.93. The summed E-state index contributed by atoms with van der Waals surface area (Å²) in [4.78, 5) is 0. The summed E-state index contributed by atoms with van der Waals surface area (Å²) < 4.78 is 4.80. The van der Waals surface area contributed by atoms with Crippen molar-refractivity contribution in [2.24, 2.45) is 7.05 Å². The Labute approximate surface area is 209 Å². The third kappa shape index (κ3) is 3.97. The smallest absolute Gasteiger partial charge is 0.230 e. The van der Waals surface area contributed by atoms with Crippen LogP contribution in [0.2, 0.25) is 0 Å². The SMILES string of the molecule is Cc1c(-c2cc(-c3ccccc3)cc[n+]2C)n(-c2c(C(C)C)cccc2C(C)C)c2ccccc12. The molecule has 5 aromatic rings. The summed E-state index contributed by atoms with van der Waals surface area (Å²) in [5.41, 5.74) is 11.6. The van der Waals surface area contributed by atoms with Gasteiger partial charge in [0.25, 0.3) is 0 Å². The van der Waals surface area contributed by atoms with Gasteiger partial charge in [-0.2, -0.15) is 4.57 Å². The van der Waals surface area contributed by atoms with Gasteiger partial charge in [0.15, 0.2) is 6.20 Å². The van der Waals surface area contributed by atoms with Crippen LogP contribution in [0, 0.1) is 6.92 Å². The minimum atomic E-state index is 0.419. The van der Waals surface area contributed by atoms with Gasteiger partial charge >= 0.3 is 0 Å². The molecule has 0 saturated heterocycles. The van der Waals surface area contributed by atoms with Crippen molar-refractivity contribution in [2.75, 3.05) is 0 Å². The molecule has 5 rings (SSSR count). The molecule has 2 nitrogen and oxygen atoms in total. The molecule has 0 amide bonds. The summed E-state index contributed by atoms with van der Waals surface area (Å²) in [7, 11) is 2.16. The van der Waals surface area contributed by atoms with Crippen LogP contribution in [0.3, 0.4) is 0 Å². The molecule has 35 heavy (non-hydrogen) atoms. The molecule has 0 aliphatic carbocycles. The number of pyridine rings is 1. The lowest BCUT2D eigenvalue weighted by Crippen LogP contribution is -2.31. The van der Waals surface area contributed by atoms with Crippen LogP contribution in [0.25, 0.3) is 39.1 Å². The third-order valence-electron chi connectivity index (χ3n) is 7.19. The Bertz CT molecular complexity index is 1480. The van der Waals surface area contributed by atoms with E-state index in [1.54, 1.807) is 0 Å². The number of hydrogen-bond donors (Lipinski definition) is 0. The average molecular weight is 460 g/mol. The average Bonchev–Trinajstić information content (AvgIpc) is 3.16. The Morgan fingerprint density at radius 3 is 1.97 bits per heavy atom. The van der Waals surface area contributed by atoms with Gasteiger partial charge in [-0.3, -0.25) is 0 Å². The topological polar surface area (TPSA) is 8.81 Å². The monoisotopic (exact) mass is 459 g/mol. The first-order valence-corrected chi connectivity index (χ1v) is 12.7. The van der Waals surface area contributed by atoms with E-state index in [9.17, 15) is 0 Å². The maximum absolute atomic E-state index is 2.54. The van der Waals surface area contributed by atoms with E-state index < -0.39 is 0 Å². The third-order valence-corrected chi connectivity index (χ3v) is 7.19. The van der Waals surface area contributed by atoms with Gasteiger partial charge in [-0.15, -0.1) is 0 Å². The van der Waals surface area contributed by atoms with Crippen LogP contribution in [0.15, 0.2) is 91.1 Å². The van der Waals surface area contributed by atoms with E-state index in [-0.39, 0.29) is 0 Å². The summed E-state index contributed by atoms with van der Waals surface area (Å²) in [6.07, 6.45) is 2.19. The highest BCUT2D eigenvalue weighted by Gasteiger charge is 2.27. The molecule has 3 aromatic carbocycles. The van der Waals surface area contributed by atoms with Crippen molar-refractivity contribution >= 4 is 10.9 Å². The largest absolute Gasteiger partial charge is 0.303 e. The quantitative estimate of drug-likeness (QED) is 0.234. The molecule has 0 fully saturated rings. The Kier molecular flexibility index (Phi) is 6.06. The lowest BCUT2D eigenvalue weighted by molar-refractivity contribution is -0.660. The maximum atomic E-state index is 2.54. The van der Waals surface area contributed by atoms with Crippen LogP contribution < -0.4 is 4.57 Å². The van der Waals surface area contributed by atoms with E-state index in [1.165, 1.54) is 55.8 Å². The first kappa shape index (κ1) is 23.1. The van der Waals surface area contributed by atoms with Crippen LogP contribution in [0.1, 0.15) is 56.2 Å². The first-order valence-electron chi connectivity index (χ1n) is 12.7. The Morgan fingerprint density at radius 2 is 1.31 bits per heavy atom. The number of para-hydroxylation sites is 2. The summed E-state index contributed by atoms with van der Waals surface area (Å²) >= 11 is 0.